The van der Waals surface area contributed by atoms with Crippen molar-refractivity contribution in [1.29, 1.82) is 0 Å². The summed E-state index contributed by atoms with van der Waals surface area (Å²) in [5.74, 6) is -32.8. The minimum absolute atomic E-state index is 0.0398. The van der Waals surface area contributed by atoms with Crippen molar-refractivity contribution in [1.82, 2.24) is 0 Å². The molecular formula is C15H7F11O6. The van der Waals surface area contributed by atoms with Gasteiger partial charge in [-0.05, 0) is 6.07 Å². The minimum Gasteiger partial charge on any atom is -0.493 e. The van der Waals surface area contributed by atoms with Crippen molar-refractivity contribution in [2.45, 2.75) is 23.9 Å². The van der Waals surface area contributed by atoms with Gasteiger partial charge in [-0.15, -0.1) is 0 Å². The Labute approximate surface area is 168 Å². The van der Waals surface area contributed by atoms with Crippen LogP contribution in [0.15, 0.2) is 24.0 Å². The van der Waals surface area contributed by atoms with Gasteiger partial charge in [0.1, 0.15) is 0 Å². The molecule has 0 aliphatic carbocycles. The second kappa shape index (κ2) is 8.34. The minimum atomic E-state index is -7.55. The highest BCUT2D eigenvalue weighted by Gasteiger charge is 2.83. The van der Waals surface area contributed by atoms with E-state index in [2.05, 4.69) is 9.47 Å². The van der Waals surface area contributed by atoms with E-state index in [0.717, 1.165) is 0 Å². The highest BCUT2D eigenvalue weighted by atomic mass is 19.4. The van der Waals surface area contributed by atoms with E-state index in [1.54, 1.807) is 0 Å². The van der Waals surface area contributed by atoms with Gasteiger partial charge in [0, 0.05) is 6.07 Å². The molecule has 1 aromatic carbocycles. The third-order valence-electron chi connectivity index (χ3n) is 3.56. The number of methoxy groups -OCH3 is 1. The SMILES string of the molecule is COc1cc(C(=O)O)c(C(=O)O)cc1OC(F)=C(F)C(F)(F)C(F)(F)C(F)(F)C(F)(F)F. The highest BCUT2D eigenvalue weighted by Crippen LogP contribution is 2.56. The molecule has 0 spiro atoms. The Hall–Kier alpha value is -3.27. The van der Waals surface area contributed by atoms with Gasteiger partial charge in [-0.25, -0.2) is 9.59 Å². The molecule has 6 nitrogen and oxygen atoms in total. The summed E-state index contributed by atoms with van der Waals surface area (Å²) in [4.78, 5) is 22.0. The second-order valence-corrected chi connectivity index (χ2v) is 5.57. The zero-order valence-electron chi connectivity index (χ0n) is 14.8. The summed E-state index contributed by atoms with van der Waals surface area (Å²) >= 11 is 0. The number of aromatic carboxylic acids is 2. The fourth-order valence-electron chi connectivity index (χ4n) is 1.93. The number of alkyl halides is 9. The Kier molecular flexibility index (Phi) is 6.98. The smallest absolute Gasteiger partial charge is 0.460 e. The number of carbonyl (C=O) groups is 2. The molecule has 0 aliphatic heterocycles. The Morgan fingerprint density at radius 2 is 1.19 bits per heavy atom. The van der Waals surface area contributed by atoms with Crippen molar-refractivity contribution in [2.24, 2.45) is 0 Å². The molecule has 0 saturated carbocycles. The van der Waals surface area contributed by atoms with Crippen LogP contribution in [0.4, 0.5) is 48.3 Å². The number of rotatable bonds is 8. The molecule has 0 atom stereocenters. The summed E-state index contributed by atoms with van der Waals surface area (Å²) in [5, 5.41) is 17.8. The molecule has 32 heavy (non-hydrogen) atoms. The molecule has 1 aromatic rings. The first-order chi connectivity index (χ1) is 14.2. The monoisotopic (exact) mass is 492 g/mol. The summed E-state index contributed by atoms with van der Waals surface area (Å²) in [7, 11) is 0.679. The van der Waals surface area contributed by atoms with Crippen LogP contribution in [0.3, 0.4) is 0 Å². The van der Waals surface area contributed by atoms with E-state index in [1.807, 2.05) is 0 Å². The van der Waals surface area contributed by atoms with Crippen molar-refractivity contribution in [3.05, 3.63) is 35.1 Å². The second-order valence-electron chi connectivity index (χ2n) is 5.57. The lowest BCUT2D eigenvalue weighted by molar-refractivity contribution is -0.392. The van der Waals surface area contributed by atoms with Gasteiger partial charge in [-0.2, -0.15) is 48.3 Å². The summed E-state index contributed by atoms with van der Waals surface area (Å²) in [5.41, 5.74) is -2.31. The fraction of sp³-hybridized carbons (Fsp3) is 0.333. The number of allylic oxidation sites excluding steroid dienone is 1. The number of halogens is 11. The van der Waals surface area contributed by atoms with Gasteiger partial charge in [0.05, 0.1) is 18.2 Å². The van der Waals surface area contributed by atoms with Crippen LogP contribution in [0.1, 0.15) is 20.7 Å². The number of hydrogen-bond donors (Lipinski definition) is 2. The van der Waals surface area contributed by atoms with Gasteiger partial charge >= 0.3 is 41.9 Å². The number of benzene rings is 1. The largest absolute Gasteiger partial charge is 0.493 e. The van der Waals surface area contributed by atoms with Crippen LogP contribution in [-0.2, 0) is 0 Å². The van der Waals surface area contributed by atoms with Crippen LogP contribution in [0, 0.1) is 0 Å². The maximum atomic E-state index is 13.7. The Bertz CT molecular complexity index is 952. The lowest BCUT2D eigenvalue weighted by Crippen LogP contribution is -2.61. The van der Waals surface area contributed by atoms with E-state index < -0.39 is 70.3 Å². The Balaban J connectivity index is 3.60. The predicted molar refractivity (Wildman–Crippen MR) is 77.7 cm³/mol. The average Bonchev–Trinajstić information content (AvgIpc) is 2.65. The molecule has 1 rings (SSSR count). The maximum Gasteiger partial charge on any atom is 0.460 e. The van der Waals surface area contributed by atoms with Gasteiger partial charge in [0.25, 0.3) is 0 Å². The van der Waals surface area contributed by atoms with Gasteiger partial charge in [-0.1, -0.05) is 0 Å². The molecule has 0 aliphatic rings. The number of hydrogen-bond acceptors (Lipinski definition) is 4. The summed E-state index contributed by atoms with van der Waals surface area (Å²) in [6.07, 6.45) is -7.30. The lowest BCUT2D eigenvalue weighted by atomic mass is 10.0. The standard InChI is InChI=1S/C15H7F11O6/c1-31-6-2-4(10(27)28)5(11(29)30)3-7(6)32-9(17)8(16)12(18,19)13(20,21)14(22,23)15(24,25)26/h2-3H,1H3,(H,27,28)(H,29,30). The number of carboxylic acids is 2. The van der Waals surface area contributed by atoms with Crippen LogP contribution in [-0.4, -0.2) is 53.2 Å². The number of carboxylic acid groups (broad SMARTS) is 2. The van der Waals surface area contributed by atoms with Crippen molar-refractivity contribution >= 4 is 11.9 Å². The molecule has 0 bridgehead atoms. The Morgan fingerprint density at radius 1 is 0.781 bits per heavy atom. The third-order valence-corrected chi connectivity index (χ3v) is 3.56. The highest BCUT2D eigenvalue weighted by molar-refractivity contribution is 6.02. The van der Waals surface area contributed by atoms with E-state index in [0.29, 0.717) is 7.11 Å². The van der Waals surface area contributed by atoms with Crippen molar-refractivity contribution in [3.63, 3.8) is 0 Å². The molecular weight excluding hydrogens is 485 g/mol. The zero-order chi connectivity index (χ0) is 25.4. The molecule has 0 unspecified atom stereocenters. The summed E-state index contributed by atoms with van der Waals surface area (Å²) in [6, 6.07) is -3.15. The molecule has 0 aromatic heterocycles. The first-order valence-corrected chi connectivity index (χ1v) is 7.36. The number of ether oxygens (including phenoxy) is 2. The van der Waals surface area contributed by atoms with Crippen LogP contribution in [0.25, 0.3) is 0 Å². The van der Waals surface area contributed by atoms with E-state index in [1.165, 1.54) is 0 Å². The Morgan fingerprint density at radius 3 is 1.53 bits per heavy atom. The molecule has 0 fully saturated rings. The van der Waals surface area contributed by atoms with Crippen LogP contribution < -0.4 is 9.47 Å². The van der Waals surface area contributed by atoms with Crippen molar-refractivity contribution in [2.75, 3.05) is 7.11 Å². The molecule has 17 heteroatoms. The van der Waals surface area contributed by atoms with Gasteiger partial charge < -0.3 is 19.7 Å². The van der Waals surface area contributed by atoms with Crippen molar-refractivity contribution < 1.29 is 77.6 Å². The third kappa shape index (κ3) is 4.36. The van der Waals surface area contributed by atoms with Gasteiger partial charge in [-0.3, -0.25) is 0 Å². The first-order valence-electron chi connectivity index (χ1n) is 7.36. The van der Waals surface area contributed by atoms with Crippen LogP contribution >= 0.6 is 0 Å². The van der Waals surface area contributed by atoms with Crippen LogP contribution in [0.2, 0.25) is 0 Å². The van der Waals surface area contributed by atoms with E-state index in [-0.39, 0.29) is 12.1 Å². The van der Waals surface area contributed by atoms with Gasteiger partial charge in [0.15, 0.2) is 11.5 Å². The van der Waals surface area contributed by atoms with E-state index in [9.17, 15) is 57.9 Å². The molecule has 0 amide bonds. The van der Waals surface area contributed by atoms with E-state index >= 15 is 0 Å². The summed E-state index contributed by atoms with van der Waals surface area (Å²) < 4.78 is 150. The lowest BCUT2D eigenvalue weighted by Gasteiger charge is -2.32. The molecule has 0 saturated heterocycles. The average molecular weight is 492 g/mol. The predicted octanol–water partition coefficient (Wildman–Crippen LogP) is 5.05. The molecule has 2 N–H and O–H groups in total. The molecule has 180 valence electrons. The van der Waals surface area contributed by atoms with Crippen molar-refractivity contribution in [3.8, 4) is 11.5 Å². The maximum absolute atomic E-state index is 13.7. The fourth-order valence-corrected chi connectivity index (χ4v) is 1.93. The summed E-state index contributed by atoms with van der Waals surface area (Å²) in [6.45, 7) is 0. The topological polar surface area (TPSA) is 93.1 Å². The quantitative estimate of drug-likeness (QED) is 0.390. The molecule has 0 radical (unpaired) electrons. The normalized spacial score (nSPS) is 14.0. The zero-order valence-corrected chi connectivity index (χ0v) is 14.8. The molecule has 0 heterocycles. The van der Waals surface area contributed by atoms with E-state index in [4.69, 9.17) is 10.2 Å². The van der Waals surface area contributed by atoms with Gasteiger partial charge in [0.2, 0.25) is 5.83 Å². The first kappa shape index (κ1) is 26.8. The van der Waals surface area contributed by atoms with Crippen LogP contribution in [0.5, 0.6) is 11.5 Å².